The van der Waals surface area contributed by atoms with Crippen molar-refractivity contribution in [3.63, 3.8) is 0 Å². The molecule has 166 valence electrons. The third-order valence-corrected chi connectivity index (χ3v) is 5.54. The van der Waals surface area contributed by atoms with Crippen LogP contribution in [-0.4, -0.2) is 25.4 Å². The number of carbonyl (C=O) groups is 1. The summed E-state index contributed by atoms with van der Waals surface area (Å²) in [6.07, 6.45) is -0.770. The summed E-state index contributed by atoms with van der Waals surface area (Å²) in [6.45, 7) is 1.83. The van der Waals surface area contributed by atoms with Crippen molar-refractivity contribution in [3.8, 4) is 11.6 Å². The van der Waals surface area contributed by atoms with Crippen LogP contribution in [0.15, 0.2) is 47.5 Å². The number of primary amides is 1. The van der Waals surface area contributed by atoms with Gasteiger partial charge in [0.2, 0.25) is 0 Å². The van der Waals surface area contributed by atoms with Crippen LogP contribution in [0.25, 0.3) is 11.6 Å². The molecule has 2 N–H and O–H groups in total. The van der Waals surface area contributed by atoms with Crippen LogP contribution in [0.3, 0.4) is 0 Å². The number of amides is 1. The number of halogens is 4. The zero-order valence-electron chi connectivity index (χ0n) is 16.7. The van der Waals surface area contributed by atoms with Crippen molar-refractivity contribution < 1.29 is 22.4 Å². The lowest BCUT2D eigenvalue weighted by Crippen LogP contribution is -2.34. The minimum absolute atomic E-state index is 0.00864. The van der Waals surface area contributed by atoms with E-state index in [1.165, 1.54) is 23.0 Å². The Bertz CT molecular complexity index is 1250. The van der Waals surface area contributed by atoms with Gasteiger partial charge in [0.1, 0.15) is 11.5 Å². The largest absolute Gasteiger partial charge is 0.419 e. The van der Waals surface area contributed by atoms with Gasteiger partial charge < -0.3 is 5.73 Å². The van der Waals surface area contributed by atoms with Crippen molar-refractivity contribution in [2.45, 2.75) is 32.0 Å². The normalized spacial score (nSPS) is 15.9. The molecule has 3 aromatic rings. The van der Waals surface area contributed by atoms with E-state index in [4.69, 9.17) is 5.73 Å². The average Bonchev–Trinajstić information content (AvgIpc) is 3.46. The Morgan fingerprint density at radius 1 is 1.19 bits per heavy atom. The fourth-order valence-corrected chi connectivity index (χ4v) is 3.70. The van der Waals surface area contributed by atoms with Crippen LogP contribution in [-0.2, 0) is 6.18 Å². The quantitative estimate of drug-likeness (QED) is 0.604. The highest BCUT2D eigenvalue weighted by molar-refractivity contribution is 5.91. The molecule has 1 aliphatic carbocycles. The first kappa shape index (κ1) is 21.6. The van der Waals surface area contributed by atoms with Crippen molar-refractivity contribution in [1.82, 2.24) is 19.5 Å². The molecular weight excluding hydrogens is 430 g/mol. The van der Waals surface area contributed by atoms with E-state index in [0.29, 0.717) is 18.9 Å². The van der Waals surface area contributed by atoms with Gasteiger partial charge >= 0.3 is 6.18 Å². The lowest BCUT2D eigenvalue weighted by atomic mass is 9.90. The van der Waals surface area contributed by atoms with Crippen molar-refractivity contribution in [1.29, 1.82) is 0 Å². The first-order valence-electron chi connectivity index (χ1n) is 9.59. The summed E-state index contributed by atoms with van der Waals surface area (Å²) in [7, 11) is 0. The summed E-state index contributed by atoms with van der Waals surface area (Å²) < 4.78 is 54.8. The minimum atomic E-state index is -4.85. The number of aromatic nitrogens is 4. The maximum absolute atomic E-state index is 14.4. The Labute approximate surface area is 179 Å². The number of nitrogens with two attached hydrogens (primary N) is 1. The molecule has 7 nitrogen and oxygen atoms in total. The Morgan fingerprint density at radius 2 is 1.84 bits per heavy atom. The molecule has 0 radical (unpaired) electrons. The third kappa shape index (κ3) is 3.85. The maximum atomic E-state index is 14.4. The molecule has 0 aliphatic heterocycles. The van der Waals surface area contributed by atoms with E-state index >= 15 is 0 Å². The topological polar surface area (TPSA) is 104 Å². The smallest absolute Gasteiger partial charge is 0.364 e. The molecule has 0 saturated heterocycles. The number of hydrogen-bond donors (Lipinski definition) is 1. The van der Waals surface area contributed by atoms with Crippen LogP contribution in [0.5, 0.6) is 0 Å². The summed E-state index contributed by atoms with van der Waals surface area (Å²) in [5.41, 5.74) is 2.49. The fourth-order valence-electron chi connectivity index (χ4n) is 3.70. The SMILES string of the molecule is CC1([C@H](c2ccc(C(F)(F)F)c(F)c2)n2c(-c3ncccn3)nc(C(N)=O)cc2=O)CC1. The Balaban J connectivity index is 1.98. The molecule has 2 heterocycles. The molecule has 0 spiro atoms. The zero-order valence-corrected chi connectivity index (χ0v) is 16.7. The molecule has 1 atom stereocenters. The van der Waals surface area contributed by atoms with Gasteiger partial charge in [-0.25, -0.2) is 19.3 Å². The molecule has 2 aromatic heterocycles. The van der Waals surface area contributed by atoms with Crippen molar-refractivity contribution >= 4 is 5.91 Å². The Morgan fingerprint density at radius 3 is 2.38 bits per heavy atom. The third-order valence-electron chi connectivity index (χ3n) is 5.54. The fraction of sp³-hybridized carbons (Fsp3) is 0.286. The van der Waals surface area contributed by atoms with E-state index in [0.717, 1.165) is 18.2 Å². The predicted molar refractivity (Wildman–Crippen MR) is 105 cm³/mol. The van der Waals surface area contributed by atoms with Crippen molar-refractivity contribution in [2.75, 3.05) is 0 Å². The van der Waals surface area contributed by atoms with Crippen LogP contribution >= 0.6 is 0 Å². The second kappa shape index (κ2) is 7.50. The van der Waals surface area contributed by atoms with Crippen LogP contribution in [0.2, 0.25) is 0 Å². The van der Waals surface area contributed by atoms with Crippen LogP contribution in [0, 0.1) is 11.2 Å². The molecule has 1 fully saturated rings. The number of alkyl halides is 3. The summed E-state index contributed by atoms with van der Waals surface area (Å²) in [6, 6.07) is 4.17. The van der Waals surface area contributed by atoms with E-state index in [2.05, 4.69) is 15.0 Å². The number of rotatable bonds is 5. The summed E-state index contributed by atoms with van der Waals surface area (Å²) in [4.78, 5) is 37.1. The van der Waals surface area contributed by atoms with Gasteiger partial charge in [-0.05, 0) is 42.0 Å². The Hall–Kier alpha value is -3.63. The van der Waals surface area contributed by atoms with Gasteiger partial charge in [-0.2, -0.15) is 13.2 Å². The van der Waals surface area contributed by atoms with Crippen molar-refractivity contribution in [3.05, 3.63) is 75.7 Å². The first-order chi connectivity index (χ1) is 15.0. The van der Waals surface area contributed by atoms with Gasteiger partial charge in [-0.15, -0.1) is 0 Å². The summed E-state index contributed by atoms with van der Waals surface area (Å²) in [5, 5.41) is 0. The van der Waals surface area contributed by atoms with Gasteiger partial charge in [0.15, 0.2) is 11.6 Å². The van der Waals surface area contributed by atoms with Crippen LogP contribution in [0.1, 0.15) is 47.4 Å². The minimum Gasteiger partial charge on any atom is -0.364 e. The number of carbonyl (C=O) groups excluding carboxylic acids is 1. The van der Waals surface area contributed by atoms with Crippen LogP contribution < -0.4 is 11.3 Å². The average molecular weight is 447 g/mol. The van der Waals surface area contributed by atoms with E-state index in [1.807, 2.05) is 6.92 Å². The highest BCUT2D eigenvalue weighted by atomic mass is 19.4. The number of nitrogens with zero attached hydrogens (tertiary/aromatic N) is 4. The lowest BCUT2D eigenvalue weighted by molar-refractivity contribution is -0.140. The van der Waals surface area contributed by atoms with Gasteiger partial charge in [0.25, 0.3) is 11.5 Å². The van der Waals surface area contributed by atoms with Gasteiger partial charge in [0.05, 0.1) is 11.6 Å². The maximum Gasteiger partial charge on any atom is 0.419 e. The predicted octanol–water partition coefficient (Wildman–Crippen LogP) is 3.35. The van der Waals surface area contributed by atoms with E-state index in [-0.39, 0.29) is 22.9 Å². The van der Waals surface area contributed by atoms with Crippen LogP contribution in [0.4, 0.5) is 17.6 Å². The highest BCUT2D eigenvalue weighted by Crippen LogP contribution is 2.56. The van der Waals surface area contributed by atoms with Gasteiger partial charge in [-0.1, -0.05) is 13.0 Å². The van der Waals surface area contributed by atoms with Crippen molar-refractivity contribution in [2.24, 2.45) is 11.1 Å². The summed E-state index contributed by atoms with van der Waals surface area (Å²) >= 11 is 0. The van der Waals surface area contributed by atoms with Gasteiger partial charge in [0, 0.05) is 18.5 Å². The molecule has 1 amide bonds. The molecule has 0 bridgehead atoms. The monoisotopic (exact) mass is 447 g/mol. The Kier molecular flexibility index (Phi) is 5.06. The second-order valence-electron chi connectivity index (χ2n) is 7.90. The molecule has 0 unspecified atom stereocenters. The highest BCUT2D eigenvalue weighted by Gasteiger charge is 2.48. The van der Waals surface area contributed by atoms with E-state index in [9.17, 15) is 27.2 Å². The second-order valence-corrected chi connectivity index (χ2v) is 7.90. The molecule has 1 aliphatic rings. The lowest BCUT2D eigenvalue weighted by Gasteiger charge is -2.28. The molecule has 4 rings (SSSR count). The molecule has 32 heavy (non-hydrogen) atoms. The van der Waals surface area contributed by atoms with E-state index < -0.39 is 40.5 Å². The number of hydrogen-bond acceptors (Lipinski definition) is 5. The number of benzene rings is 1. The molecular formula is C21H17F4N5O2. The molecule has 11 heteroatoms. The first-order valence-corrected chi connectivity index (χ1v) is 9.59. The molecule has 1 saturated carbocycles. The standard InChI is InChI=1S/C21H17F4N5O2/c1-20(5-6-20)16(11-3-4-12(13(22)9-11)21(23,24)25)30-15(31)10-14(17(26)32)29-19(30)18-27-7-2-8-28-18/h2-4,7-10,16H,5-6H2,1H3,(H2,26,32)/t16-/m0/s1. The zero-order chi connectivity index (χ0) is 23.3. The van der Waals surface area contributed by atoms with E-state index in [1.54, 1.807) is 0 Å². The van der Waals surface area contributed by atoms with Gasteiger partial charge in [-0.3, -0.25) is 14.2 Å². The summed E-state index contributed by atoms with van der Waals surface area (Å²) in [5.74, 6) is -2.47. The molecule has 1 aromatic carbocycles.